The number of allylic oxidation sites excluding steroid dienone is 16. The number of esters is 4. The van der Waals surface area contributed by atoms with E-state index in [4.69, 9.17) is 37.0 Å². The number of aliphatic hydroxyl groups is 1. The molecule has 0 saturated carbocycles. The van der Waals surface area contributed by atoms with Gasteiger partial charge in [-0.2, -0.15) is 0 Å². The first-order valence-corrected chi connectivity index (χ1v) is 39.5. The molecule has 17 nitrogen and oxygen atoms in total. The number of carbonyl (C=O) groups is 4. The maximum Gasteiger partial charge on any atom is 0.472 e. The second-order valence-corrected chi connectivity index (χ2v) is 27.1. The number of unbranched alkanes of at least 4 members (excludes halogenated alkanes) is 26. The lowest BCUT2D eigenvalue weighted by Crippen LogP contribution is -2.30. The number of carbonyl (C=O) groups excluding carboxylic acids is 4. The molecule has 0 amide bonds. The average Bonchev–Trinajstić information content (AvgIpc) is 2.15. The van der Waals surface area contributed by atoms with Crippen LogP contribution in [0.15, 0.2) is 97.2 Å². The van der Waals surface area contributed by atoms with Crippen molar-refractivity contribution in [1.82, 2.24) is 0 Å². The highest BCUT2D eigenvalue weighted by atomic mass is 31.2. The summed E-state index contributed by atoms with van der Waals surface area (Å²) in [7, 11) is -9.95. The second-order valence-electron chi connectivity index (χ2n) is 24.2. The minimum Gasteiger partial charge on any atom is -0.462 e. The predicted molar refractivity (Wildman–Crippen MR) is 381 cm³/mol. The molecule has 5 atom stereocenters. The van der Waals surface area contributed by atoms with Crippen LogP contribution in [0.5, 0.6) is 0 Å². The fourth-order valence-electron chi connectivity index (χ4n) is 9.46. The number of aliphatic hydroxyl groups excluding tert-OH is 1. The number of phosphoric acid groups is 2. The topological polar surface area (TPSA) is 237 Å². The predicted octanol–water partition coefficient (Wildman–Crippen LogP) is 20.4. The summed E-state index contributed by atoms with van der Waals surface area (Å²) in [5, 5.41) is 10.6. The van der Waals surface area contributed by atoms with Gasteiger partial charge in [0.25, 0.3) is 0 Å². The Kier molecular flexibility index (Phi) is 64.7. The molecule has 0 fully saturated rings. The molecule has 542 valence electrons. The van der Waals surface area contributed by atoms with Crippen LogP contribution < -0.4 is 0 Å². The molecule has 5 unspecified atom stereocenters. The Labute approximate surface area is 569 Å². The van der Waals surface area contributed by atoms with E-state index in [1.165, 1.54) is 38.5 Å². The molecular formula is C75H130O17P2. The standard InChI is InChI=1S/C75H130O17P2/c1-5-9-13-17-21-25-29-32-33-34-35-38-41-44-48-52-56-60-73(78)86-66-71(92-75(80)62-58-54-50-46-42-37-31-27-23-19-15-11-7-3)68-90-94(83,84)88-64-69(76)63-87-93(81,82)89-67-70(91-74(79)61-57-53-49-45-39-28-24-20-16-12-8-4)65-85-72(77)59-55-51-47-43-40-36-30-26-22-18-14-10-6-2/h9,13-15,18-19,21,25-27,30-33,35,38,69-71,76H,5-8,10-12,16-17,20,22-24,28-29,34,36-37,39-68H2,1-4H3,(H,81,82)(H,83,84)/b13-9-,18-14-,19-15-,25-21-,30-26-,31-27-,33-32-,38-35-. The number of rotatable bonds is 68. The highest BCUT2D eigenvalue weighted by Crippen LogP contribution is 2.45. The van der Waals surface area contributed by atoms with Crippen molar-refractivity contribution in [3.05, 3.63) is 97.2 Å². The summed E-state index contributed by atoms with van der Waals surface area (Å²) < 4.78 is 68.3. The quantitative estimate of drug-likeness (QED) is 0.0169. The lowest BCUT2D eigenvalue weighted by molar-refractivity contribution is -0.161. The molecule has 0 aliphatic carbocycles. The third-order valence-corrected chi connectivity index (χ3v) is 16.9. The molecule has 0 saturated heterocycles. The summed E-state index contributed by atoms with van der Waals surface area (Å²) in [5.74, 6) is -2.22. The number of ether oxygens (including phenoxy) is 4. The van der Waals surface area contributed by atoms with Gasteiger partial charge in [0, 0.05) is 25.7 Å². The van der Waals surface area contributed by atoms with Crippen LogP contribution in [0.25, 0.3) is 0 Å². The molecule has 0 aliphatic heterocycles. The highest BCUT2D eigenvalue weighted by molar-refractivity contribution is 7.47. The van der Waals surface area contributed by atoms with E-state index in [1.54, 1.807) is 0 Å². The van der Waals surface area contributed by atoms with Crippen LogP contribution in [0, 0.1) is 0 Å². The number of hydrogen-bond donors (Lipinski definition) is 3. The van der Waals surface area contributed by atoms with E-state index >= 15 is 0 Å². The van der Waals surface area contributed by atoms with E-state index in [-0.39, 0.29) is 25.7 Å². The van der Waals surface area contributed by atoms with Crippen LogP contribution in [0.2, 0.25) is 0 Å². The Bertz CT molecular complexity index is 2170. The van der Waals surface area contributed by atoms with Crippen molar-refractivity contribution in [2.24, 2.45) is 0 Å². The third kappa shape index (κ3) is 66.6. The average molecular weight is 1370 g/mol. The van der Waals surface area contributed by atoms with Gasteiger partial charge in [-0.25, -0.2) is 9.13 Å². The van der Waals surface area contributed by atoms with Gasteiger partial charge in [0.1, 0.15) is 19.3 Å². The molecule has 0 heterocycles. The molecule has 0 bridgehead atoms. The van der Waals surface area contributed by atoms with Crippen LogP contribution >= 0.6 is 15.6 Å². The molecule has 0 aromatic heterocycles. The maximum absolute atomic E-state index is 13.0. The van der Waals surface area contributed by atoms with E-state index in [1.807, 2.05) is 0 Å². The molecule has 3 N–H and O–H groups in total. The van der Waals surface area contributed by atoms with Gasteiger partial charge in [0.15, 0.2) is 12.2 Å². The van der Waals surface area contributed by atoms with Gasteiger partial charge in [0.05, 0.1) is 26.4 Å². The minimum absolute atomic E-state index is 0.0726. The summed E-state index contributed by atoms with van der Waals surface area (Å²) in [6, 6.07) is 0. The second kappa shape index (κ2) is 67.5. The first kappa shape index (κ1) is 90.0. The first-order chi connectivity index (χ1) is 45.7. The Hall–Kier alpha value is -4.02. The lowest BCUT2D eigenvalue weighted by Gasteiger charge is -2.21. The highest BCUT2D eigenvalue weighted by Gasteiger charge is 2.30. The molecule has 0 rings (SSSR count). The molecule has 0 aromatic carbocycles. The minimum atomic E-state index is -4.98. The largest absolute Gasteiger partial charge is 0.472 e. The van der Waals surface area contributed by atoms with Crippen LogP contribution in [-0.4, -0.2) is 96.7 Å². The smallest absolute Gasteiger partial charge is 0.462 e. The van der Waals surface area contributed by atoms with Crippen molar-refractivity contribution in [3.63, 3.8) is 0 Å². The number of hydrogen-bond acceptors (Lipinski definition) is 15. The Morgan fingerprint density at radius 3 is 0.894 bits per heavy atom. The van der Waals surface area contributed by atoms with Crippen molar-refractivity contribution in [1.29, 1.82) is 0 Å². The Balaban J connectivity index is 5.34. The lowest BCUT2D eigenvalue weighted by atomic mass is 10.1. The SMILES string of the molecule is CC/C=C\C/C=C\C/C=C\C/C=C\CCCCCCC(=O)OCC(COP(=O)(O)OCC(O)COP(=O)(O)OCC(COC(=O)CCCCCCC/C=C\C/C=C\CCC)OC(=O)CCCCCCCCCCCCC)OC(=O)CCCCCCC/C=C\C/C=C\CCC. The molecule has 0 aliphatic rings. The summed E-state index contributed by atoms with van der Waals surface area (Å²) >= 11 is 0. The molecule has 0 aromatic rings. The van der Waals surface area contributed by atoms with Gasteiger partial charge < -0.3 is 33.8 Å². The van der Waals surface area contributed by atoms with Crippen LogP contribution in [0.1, 0.15) is 297 Å². The van der Waals surface area contributed by atoms with Gasteiger partial charge in [-0.05, 0) is 116 Å². The maximum atomic E-state index is 13.0. The van der Waals surface area contributed by atoms with Gasteiger partial charge in [-0.3, -0.25) is 37.3 Å². The van der Waals surface area contributed by atoms with Crippen LogP contribution in [0.4, 0.5) is 0 Å². The molecule has 94 heavy (non-hydrogen) atoms. The van der Waals surface area contributed by atoms with Gasteiger partial charge >= 0.3 is 39.5 Å². The summed E-state index contributed by atoms with van der Waals surface area (Å²) in [6.45, 7) is 4.56. The zero-order valence-electron chi connectivity index (χ0n) is 58.9. The van der Waals surface area contributed by atoms with Crippen molar-refractivity contribution < 1.29 is 80.2 Å². The van der Waals surface area contributed by atoms with Crippen molar-refractivity contribution in [2.45, 2.75) is 316 Å². The van der Waals surface area contributed by atoms with E-state index < -0.39 is 97.5 Å². The zero-order valence-corrected chi connectivity index (χ0v) is 60.7. The molecule has 0 spiro atoms. The van der Waals surface area contributed by atoms with E-state index in [0.29, 0.717) is 25.7 Å². The third-order valence-electron chi connectivity index (χ3n) is 15.0. The monoisotopic (exact) mass is 1360 g/mol. The molecule has 0 radical (unpaired) electrons. The van der Waals surface area contributed by atoms with E-state index in [2.05, 4.69) is 125 Å². The van der Waals surface area contributed by atoms with Gasteiger partial charge in [0.2, 0.25) is 0 Å². The summed E-state index contributed by atoms with van der Waals surface area (Å²) in [4.78, 5) is 72.6. The summed E-state index contributed by atoms with van der Waals surface area (Å²) in [5.41, 5.74) is 0. The fraction of sp³-hybridized carbons (Fsp3) is 0.733. The normalized spacial score (nSPS) is 14.6. The Morgan fingerprint density at radius 2 is 0.574 bits per heavy atom. The summed E-state index contributed by atoms with van der Waals surface area (Å²) in [6.07, 6.45) is 68.4. The van der Waals surface area contributed by atoms with E-state index in [9.17, 15) is 43.2 Å². The number of phosphoric ester groups is 2. The van der Waals surface area contributed by atoms with Crippen molar-refractivity contribution in [3.8, 4) is 0 Å². The van der Waals surface area contributed by atoms with Crippen LogP contribution in [-0.2, 0) is 65.4 Å². The fourth-order valence-corrected chi connectivity index (χ4v) is 11.0. The van der Waals surface area contributed by atoms with E-state index in [0.717, 1.165) is 180 Å². The zero-order chi connectivity index (χ0) is 69.0. The van der Waals surface area contributed by atoms with Crippen molar-refractivity contribution >= 4 is 39.5 Å². The first-order valence-electron chi connectivity index (χ1n) is 36.5. The molecule has 19 heteroatoms. The van der Waals surface area contributed by atoms with Crippen LogP contribution in [0.3, 0.4) is 0 Å². The Morgan fingerprint density at radius 1 is 0.309 bits per heavy atom. The van der Waals surface area contributed by atoms with Gasteiger partial charge in [-0.1, -0.05) is 253 Å². The van der Waals surface area contributed by atoms with Crippen molar-refractivity contribution in [2.75, 3.05) is 39.6 Å². The van der Waals surface area contributed by atoms with Gasteiger partial charge in [-0.15, -0.1) is 0 Å². The molecular weight excluding hydrogens is 1230 g/mol.